The molecule has 0 saturated carbocycles. The molecule has 0 saturated heterocycles. The SMILES string of the molecule is CC(C)(C)c1cccc(C2=CC=NC2)c1. The first-order valence-corrected chi connectivity index (χ1v) is 5.37. The molecule has 0 spiro atoms. The average Bonchev–Trinajstić information content (AvgIpc) is 2.69. The van der Waals surface area contributed by atoms with Gasteiger partial charge in [0, 0.05) is 6.21 Å². The Bertz CT molecular complexity index is 419. The number of benzene rings is 1. The third-order valence-corrected chi connectivity index (χ3v) is 2.74. The summed E-state index contributed by atoms with van der Waals surface area (Å²) < 4.78 is 0. The maximum absolute atomic E-state index is 4.22. The molecule has 1 nitrogen and oxygen atoms in total. The molecule has 0 N–H and O–H groups in total. The van der Waals surface area contributed by atoms with E-state index < -0.39 is 0 Å². The Morgan fingerprint density at radius 1 is 1.20 bits per heavy atom. The first kappa shape index (κ1) is 10.2. The number of aliphatic imine (C=N–C) groups is 1. The van der Waals surface area contributed by atoms with Gasteiger partial charge in [-0.2, -0.15) is 0 Å². The molecule has 1 heteroatoms. The molecule has 0 bridgehead atoms. The minimum Gasteiger partial charge on any atom is -0.288 e. The zero-order chi connectivity index (χ0) is 10.9. The zero-order valence-corrected chi connectivity index (χ0v) is 9.62. The maximum Gasteiger partial charge on any atom is 0.0646 e. The maximum atomic E-state index is 4.22. The Morgan fingerprint density at radius 3 is 2.60 bits per heavy atom. The summed E-state index contributed by atoms with van der Waals surface area (Å²) in [7, 11) is 0. The second-order valence-electron chi connectivity index (χ2n) is 5.01. The highest BCUT2D eigenvalue weighted by Gasteiger charge is 2.14. The molecule has 0 aromatic heterocycles. The highest BCUT2D eigenvalue weighted by Crippen LogP contribution is 2.26. The van der Waals surface area contributed by atoms with Crippen LogP contribution in [0.25, 0.3) is 5.57 Å². The van der Waals surface area contributed by atoms with Crippen molar-refractivity contribution in [2.75, 3.05) is 6.54 Å². The standard InChI is InChI=1S/C14H17N/c1-14(2,3)13-6-4-5-11(9-13)12-7-8-15-10-12/h4-9H,10H2,1-3H3. The van der Waals surface area contributed by atoms with Crippen molar-refractivity contribution in [1.29, 1.82) is 0 Å². The zero-order valence-electron chi connectivity index (χ0n) is 9.62. The molecule has 2 rings (SSSR count). The molecule has 15 heavy (non-hydrogen) atoms. The summed E-state index contributed by atoms with van der Waals surface area (Å²) in [4.78, 5) is 4.22. The summed E-state index contributed by atoms with van der Waals surface area (Å²) >= 11 is 0. The van der Waals surface area contributed by atoms with Gasteiger partial charge in [-0.15, -0.1) is 0 Å². The van der Waals surface area contributed by atoms with Crippen LogP contribution >= 0.6 is 0 Å². The van der Waals surface area contributed by atoms with Gasteiger partial charge in [0.2, 0.25) is 0 Å². The van der Waals surface area contributed by atoms with Crippen molar-refractivity contribution in [1.82, 2.24) is 0 Å². The number of allylic oxidation sites excluding steroid dienone is 1. The van der Waals surface area contributed by atoms with Gasteiger partial charge in [0.15, 0.2) is 0 Å². The van der Waals surface area contributed by atoms with Gasteiger partial charge in [0.25, 0.3) is 0 Å². The first-order valence-electron chi connectivity index (χ1n) is 5.37. The van der Waals surface area contributed by atoms with Crippen molar-refractivity contribution in [3.8, 4) is 0 Å². The minimum atomic E-state index is 0.218. The van der Waals surface area contributed by atoms with E-state index in [0.717, 1.165) is 6.54 Å². The molecule has 0 fully saturated rings. The summed E-state index contributed by atoms with van der Waals surface area (Å²) in [5.74, 6) is 0. The van der Waals surface area contributed by atoms with Gasteiger partial charge in [0.1, 0.15) is 0 Å². The lowest BCUT2D eigenvalue weighted by atomic mass is 9.85. The lowest BCUT2D eigenvalue weighted by Gasteiger charge is -2.19. The molecule has 0 amide bonds. The third kappa shape index (κ3) is 2.17. The van der Waals surface area contributed by atoms with Crippen LogP contribution < -0.4 is 0 Å². The Hall–Kier alpha value is -1.37. The minimum absolute atomic E-state index is 0.218. The van der Waals surface area contributed by atoms with Gasteiger partial charge in [-0.25, -0.2) is 0 Å². The quantitative estimate of drug-likeness (QED) is 0.657. The van der Waals surface area contributed by atoms with E-state index >= 15 is 0 Å². The lowest BCUT2D eigenvalue weighted by Crippen LogP contribution is -2.11. The Balaban J connectivity index is 2.35. The van der Waals surface area contributed by atoms with E-state index in [-0.39, 0.29) is 5.41 Å². The predicted molar refractivity (Wildman–Crippen MR) is 66.5 cm³/mol. The topological polar surface area (TPSA) is 12.4 Å². The number of hydrogen-bond acceptors (Lipinski definition) is 1. The van der Waals surface area contributed by atoms with Crippen LogP contribution in [0.15, 0.2) is 35.3 Å². The van der Waals surface area contributed by atoms with E-state index in [1.54, 1.807) is 0 Å². The molecule has 0 atom stereocenters. The molecule has 1 aromatic rings. The van der Waals surface area contributed by atoms with E-state index in [1.807, 2.05) is 6.21 Å². The number of nitrogens with zero attached hydrogens (tertiary/aromatic N) is 1. The van der Waals surface area contributed by atoms with Crippen LogP contribution in [0.4, 0.5) is 0 Å². The van der Waals surface area contributed by atoms with E-state index in [9.17, 15) is 0 Å². The lowest BCUT2D eigenvalue weighted by molar-refractivity contribution is 0.590. The van der Waals surface area contributed by atoms with Gasteiger partial charge >= 0.3 is 0 Å². The van der Waals surface area contributed by atoms with E-state index in [1.165, 1.54) is 16.7 Å². The van der Waals surface area contributed by atoms with E-state index in [4.69, 9.17) is 0 Å². The molecule has 1 aliphatic heterocycles. The predicted octanol–water partition coefficient (Wildman–Crippen LogP) is 3.45. The molecule has 1 heterocycles. The highest BCUT2D eigenvalue weighted by atomic mass is 14.7. The Kier molecular flexibility index (Phi) is 2.47. The van der Waals surface area contributed by atoms with E-state index in [0.29, 0.717) is 0 Å². The summed E-state index contributed by atoms with van der Waals surface area (Å²) in [6.07, 6.45) is 3.99. The highest BCUT2D eigenvalue weighted by molar-refractivity contribution is 5.89. The van der Waals surface area contributed by atoms with Gasteiger partial charge in [-0.3, -0.25) is 4.99 Å². The largest absolute Gasteiger partial charge is 0.288 e. The first-order chi connectivity index (χ1) is 7.07. The molecule has 0 aliphatic carbocycles. The van der Waals surface area contributed by atoms with Gasteiger partial charge in [0.05, 0.1) is 6.54 Å². The van der Waals surface area contributed by atoms with Crippen LogP contribution in [0.3, 0.4) is 0 Å². The Labute approximate surface area is 91.6 Å². The average molecular weight is 199 g/mol. The van der Waals surface area contributed by atoms with Crippen LogP contribution in [-0.4, -0.2) is 12.8 Å². The van der Waals surface area contributed by atoms with Crippen LogP contribution in [0.1, 0.15) is 31.9 Å². The fourth-order valence-electron chi connectivity index (χ4n) is 1.72. The van der Waals surface area contributed by atoms with Crippen LogP contribution in [0, 0.1) is 0 Å². The molecule has 0 radical (unpaired) electrons. The second-order valence-corrected chi connectivity index (χ2v) is 5.01. The summed E-state index contributed by atoms with van der Waals surface area (Å²) in [5.41, 5.74) is 4.23. The molecule has 1 aromatic carbocycles. The fourth-order valence-corrected chi connectivity index (χ4v) is 1.72. The molecular formula is C14H17N. The van der Waals surface area contributed by atoms with Crippen LogP contribution in [0.5, 0.6) is 0 Å². The molecule has 78 valence electrons. The van der Waals surface area contributed by atoms with Crippen molar-refractivity contribution in [3.63, 3.8) is 0 Å². The van der Waals surface area contributed by atoms with Gasteiger partial charge in [-0.05, 0) is 28.2 Å². The van der Waals surface area contributed by atoms with Crippen molar-refractivity contribution >= 4 is 11.8 Å². The van der Waals surface area contributed by atoms with Crippen LogP contribution in [0.2, 0.25) is 0 Å². The summed E-state index contributed by atoms with van der Waals surface area (Å²) in [6.45, 7) is 7.55. The number of hydrogen-bond donors (Lipinski definition) is 0. The second kappa shape index (κ2) is 3.65. The fraction of sp³-hybridized carbons (Fsp3) is 0.357. The molecule has 1 aliphatic rings. The number of rotatable bonds is 1. The summed E-state index contributed by atoms with van der Waals surface area (Å²) in [6, 6.07) is 8.77. The third-order valence-electron chi connectivity index (χ3n) is 2.74. The smallest absolute Gasteiger partial charge is 0.0646 e. The normalized spacial score (nSPS) is 15.5. The Morgan fingerprint density at radius 2 is 2.00 bits per heavy atom. The van der Waals surface area contributed by atoms with Crippen LogP contribution in [-0.2, 0) is 5.41 Å². The van der Waals surface area contributed by atoms with Crippen molar-refractivity contribution in [3.05, 3.63) is 41.5 Å². The molecule has 0 unspecified atom stereocenters. The van der Waals surface area contributed by atoms with Gasteiger partial charge < -0.3 is 0 Å². The van der Waals surface area contributed by atoms with Crippen molar-refractivity contribution in [2.24, 2.45) is 4.99 Å². The monoisotopic (exact) mass is 199 g/mol. The summed E-state index contributed by atoms with van der Waals surface area (Å²) in [5, 5.41) is 0. The van der Waals surface area contributed by atoms with Crippen molar-refractivity contribution in [2.45, 2.75) is 26.2 Å². The molecular weight excluding hydrogens is 182 g/mol. The van der Waals surface area contributed by atoms with Crippen molar-refractivity contribution < 1.29 is 0 Å². The van der Waals surface area contributed by atoms with Gasteiger partial charge in [-0.1, -0.05) is 45.0 Å². The van der Waals surface area contributed by atoms with E-state index in [2.05, 4.69) is 56.1 Å².